The Morgan fingerprint density at radius 1 is 1.00 bits per heavy atom. The van der Waals surface area contributed by atoms with Crippen molar-refractivity contribution in [1.82, 2.24) is 0 Å². The van der Waals surface area contributed by atoms with Gasteiger partial charge in [-0.05, 0) is 44.4 Å². The Morgan fingerprint density at radius 2 is 1.52 bits per heavy atom. The van der Waals surface area contributed by atoms with Crippen LogP contribution in [0.4, 0.5) is 0 Å². The van der Waals surface area contributed by atoms with Gasteiger partial charge in [0.05, 0.1) is 0 Å². The lowest BCUT2D eigenvalue weighted by molar-refractivity contribution is 0.639. The molecule has 114 valence electrons. The SMILES string of the molecule is C=C/C=C\C.C=CC.CC1=C(C)C(C)(C)c2ccccc21. The second-order valence-electron chi connectivity index (χ2n) is 5.59. The summed E-state index contributed by atoms with van der Waals surface area (Å²) < 4.78 is 0. The molecule has 0 fully saturated rings. The lowest BCUT2D eigenvalue weighted by Crippen LogP contribution is -2.15. The normalized spacial score (nSPS) is 14.6. The lowest BCUT2D eigenvalue weighted by Gasteiger charge is -2.22. The maximum Gasteiger partial charge on any atom is 0.0114 e. The molecule has 0 radical (unpaired) electrons. The van der Waals surface area contributed by atoms with Crippen molar-refractivity contribution in [3.05, 3.63) is 78.4 Å². The Hall–Kier alpha value is -1.82. The number of allylic oxidation sites excluding steroid dienone is 6. The van der Waals surface area contributed by atoms with Crippen LogP contribution in [0.5, 0.6) is 0 Å². The van der Waals surface area contributed by atoms with Crippen molar-refractivity contribution in [3.63, 3.8) is 0 Å². The third-order valence-electron chi connectivity index (χ3n) is 3.83. The van der Waals surface area contributed by atoms with Crippen molar-refractivity contribution in [2.45, 2.75) is 47.0 Å². The fourth-order valence-electron chi connectivity index (χ4n) is 2.36. The topological polar surface area (TPSA) is 0 Å². The van der Waals surface area contributed by atoms with Crippen molar-refractivity contribution >= 4 is 5.57 Å². The largest absolute Gasteiger partial charge is 0.103 e. The molecule has 0 aliphatic heterocycles. The molecule has 0 atom stereocenters. The molecular formula is C21H30. The van der Waals surface area contributed by atoms with Crippen molar-refractivity contribution in [3.8, 4) is 0 Å². The average Bonchev–Trinajstić information content (AvgIpc) is 2.64. The fraction of sp³-hybridized carbons (Fsp3) is 0.333. The summed E-state index contributed by atoms with van der Waals surface area (Å²) in [7, 11) is 0. The predicted octanol–water partition coefficient (Wildman–Crippen LogP) is 6.71. The van der Waals surface area contributed by atoms with Crippen LogP contribution >= 0.6 is 0 Å². The average molecular weight is 282 g/mol. The van der Waals surface area contributed by atoms with Crippen LogP contribution in [0, 0.1) is 0 Å². The van der Waals surface area contributed by atoms with Crippen LogP contribution in [0.2, 0.25) is 0 Å². The van der Waals surface area contributed by atoms with Gasteiger partial charge >= 0.3 is 0 Å². The highest BCUT2D eigenvalue weighted by molar-refractivity contribution is 5.78. The molecule has 1 aromatic rings. The molecule has 0 heteroatoms. The lowest BCUT2D eigenvalue weighted by atomic mass is 9.82. The number of hydrogen-bond acceptors (Lipinski definition) is 0. The van der Waals surface area contributed by atoms with Gasteiger partial charge in [-0.25, -0.2) is 0 Å². The van der Waals surface area contributed by atoms with Crippen molar-refractivity contribution in [2.24, 2.45) is 0 Å². The summed E-state index contributed by atoms with van der Waals surface area (Å²) in [4.78, 5) is 0. The molecule has 0 nitrogen and oxygen atoms in total. The van der Waals surface area contributed by atoms with Gasteiger partial charge in [0, 0.05) is 5.41 Å². The third-order valence-corrected chi connectivity index (χ3v) is 3.83. The number of benzene rings is 1. The van der Waals surface area contributed by atoms with Gasteiger partial charge in [0.1, 0.15) is 0 Å². The second kappa shape index (κ2) is 9.18. The van der Waals surface area contributed by atoms with Gasteiger partial charge < -0.3 is 0 Å². The third kappa shape index (κ3) is 4.90. The molecule has 0 heterocycles. The first kappa shape index (κ1) is 19.2. The summed E-state index contributed by atoms with van der Waals surface area (Å²) in [6.45, 7) is 19.8. The Labute approximate surface area is 131 Å². The van der Waals surface area contributed by atoms with Crippen LogP contribution in [-0.4, -0.2) is 0 Å². The first-order valence-electron chi connectivity index (χ1n) is 7.47. The van der Waals surface area contributed by atoms with Crippen LogP contribution in [0.3, 0.4) is 0 Å². The quantitative estimate of drug-likeness (QED) is 0.396. The molecule has 0 spiro atoms. The summed E-state index contributed by atoms with van der Waals surface area (Å²) in [6.07, 6.45) is 7.33. The Balaban J connectivity index is 0.000000422. The second-order valence-corrected chi connectivity index (χ2v) is 5.59. The van der Waals surface area contributed by atoms with E-state index in [0.29, 0.717) is 0 Å². The molecule has 0 unspecified atom stereocenters. The molecule has 0 bridgehead atoms. The van der Waals surface area contributed by atoms with Crippen molar-refractivity contribution in [2.75, 3.05) is 0 Å². The zero-order chi connectivity index (χ0) is 16.5. The van der Waals surface area contributed by atoms with Crippen molar-refractivity contribution in [1.29, 1.82) is 0 Å². The van der Waals surface area contributed by atoms with Crippen LogP contribution in [0.1, 0.15) is 52.7 Å². The van der Waals surface area contributed by atoms with Gasteiger partial charge in [0.25, 0.3) is 0 Å². The summed E-state index contributed by atoms with van der Waals surface area (Å²) in [5.41, 5.74) is 6.12. The van der Waals surface area contributed by atoms with E-state index in [1.807, 2.05) is 26.0 Å². The number of fused-ring (bicyclic) bond motifs is 1. The Morgan fingerprint density at radius 3 is 1.90 bits per heavy atom. The van der Waals surface area contributed by atoms with Crippen LogP contribution in [-0.2, 0) is 5.41 Å². The first-order valence-corrected chi connectivity index (χ1v) is 7.47. The molecule has 0 aromatic heterocycles. The molecule has 0 saturated carbocycles. The highest BCUT2D eigenvalue weighted by Crippen LogP contribution is 2.45. The molecule has 2 rings (SSSR count). The zero-order valence-corrected chi connectivity index (χ0v) is 14.5. The van der Waals surface area contributed by atoms with Crippen molar-refractivity contribution < 1.29 is 0 Å². The van der Waals surface area contributed by atoms with E-state index in [1.165, 1.54) is 22.3 Å². The van der Waals surface area contributed by atoms with E-state index in [2.05, 4.69) is 65.1 Å². The smallest absolute Gasteiger partial charge is 0.0114 e. The number of rotatable bonds is 1. The van der Waals surface area contributed by atoms with Gasteiger partial charge in [-0.1, -0.05) is 74.6 Å². The minimum absolute atomic E-state index is 0.237. The van der Waals surface area contributed by atoms with Crippen LogP contribution in [0.15, 0.2) is 67.3 Å². The summed E-state index contributed by atoms with van der Waals surface area (Å²) in [5.74, 6) is 0. The van der Waals surface area contributed by atoms with E-state index >= 15 is 0 Å². The van der Waals surface area contributed by atoms with Gasteiger partial charge in [0.2, 0.25) is 0 Å². The summed E-state index contributed by atoms with van der Waals surface area (Å²) in [6, 6.07) is 8.72. The minimum Gasteiger partial charge on any atom is -0.103 e. The molecule has 1 aromatic carbocycles. The molecule has 0 N–H and O–H groups in total. The predicted molar refractivity (Wildman–Crippen MR) is 98.6 cm³/mol. The minimum atomic E-state index is 0.237. The molecule has 21 heavy (non-hydrogen) atoms. The van der Waals surface area contributed by atoms with E-state index < -0.39 is 0 Å². The molecule has 0 amide bonds. The van der Waals surface area contributed by atoms with E-state index in [0.717, 1.165) is 0 Å². The highest BCUT2D eigenvalue weighted by Gasteiger charge is 2.32. The first-order chi connectivity index (χ1) is 9.88. The van der Waals surface area contributed by atoms with Gasteiger partial charge in [-0.3, -0.25) is 0 Å². The number of hydrogen-bond donors (Lipinski definition) is 0. The summed E-state index contributed by atoms with van der Waals surface area (Å²) in [5, 5.41) is 0. The van der Waals surface area contributed by atoms with Crippen LogP contribution < -0.4 is 0 Å². The Kier molecular flexibility index (Phi) is 8.38. The summed E-state index contributed by atoms with van der Waals surface area (Å²) >= 11 is 0. The Bertz CT molecular complexity index is 525. The van der Waals surface area contributed by atoms with E-state index in [1.54, 1.807) is 12.2 Å². The molecule has 1 aliphatic rings. The van der Waals surface area contributed by atoms with Crippen LogP contribution in [0.25, 0.3) is 5.57 Å². The monoisotopic (exact) mass is 282 g/mol. The standard InChI is InChI=1S/C13H16.C5H8.C3H6/c1-9-10(2)13(3,4)12-8-6-5-7-11(9)12;1-3-5-4-2;1-3-2/h5-8H,1-4H3;3-5H,1H2,2H3;3H,1H2,2H3/b;5-4-;. The van der Waals surface area contributed by atoms with Gasteiger partial charge in [-0.15, -0.1) is 6.58 Å². The molecule has 1 aliphatic carbocycles. The van der Waals surface area contributed by atoms with E-state index in [4.69, 9.17) is 0 Å². The molecular weight excluding hydrogens is 252 g/mol. The highest BCUT2D eigenvalue weighted by atomic mass is 14.4. The molecule has 0 saturated heterocycles. The van der Waals surface area contributed by atoms with E-state index in [-0.39, 0.29) is 5.41 Å². The van der Waals surface area contributed by atoms with E-state index in [9.17, 15) is 0 Å². The van der Waals surface area contributed by atoms with Gasteiger partial charge in [0.15, 0.2) is 0 Å². The maximum absolute atomic E-state index is 3.46. The van der Waals surface area contributed by atoms with Gasteiger partial charge in [-0.2, -0.15) is 0 Å². The fourth-order valence-corrected chi connectivity index (χ4v) is 2.36. The zero-order valence-electron chi connectivity index (χ0n) is 14.5. The maximum atomic E-state index is 3.46.